The van der Waals surface area contributed by atoms with Crippen LogP contribution >= 0.6 is 0 Å². The summed E-state index contributed by atoms with van der Waals surface area (Å²) in [5, 5.41) is 0. The highest BCUT2D eigenvalue weighted by molar-refractivity contribution is 7.89. The molecule has 2 rings (SSSR count). The molecule has 7 heteroatoms. The number of halogens is 1. The van der Waals surface area contributed by atoms with E-state index < -0.39 is 20.7 Å². The van der Waals surface area contributed by atoms with E-state index in [1.165, 1.54) is 13.1 Å². The van der Waals surface area contributed by atoms with Gasteiger partial charge in [-0.3, -0.25) is 0 Å². The summed E-state index contributed by atoms with van der Waals surface area (Å²) in [6.45, 7) is 1.78. The van der Waals surface area contributed by atoms with Gasteiger partial charge in [0.25, 0.3) is 0 Å². The van der Waals surface area contributed by atoms with Gasteiger partial charge in [0, 0.05) is 12.7 Å². The molecule has 5 nitrogen and oxygen atoms in total. The Morgan fingerprint density at radius 3 is 2.60 bits per heavy atom. The van der Waals surface area contributed by atoms with Crippen molar-refractivity contribution in [2.45, 2.75) is 18.4 Å². The first-order chi connectivity index (χ1) is 9.30. The van der Waals surface area contributed by atoms with E-state index in [0.717, 1.165) is 16.4 Å². The molecule has 20 heavy (non-hydrogen) atoms. The molecule has 1 heterocycles. The van der Waals surface area contributed by atoms with Gasteiger partial charge >= 0.3 is 0 Å². The van der Waals surface area contributed by atoms with Crippen molar-refractivity contribution in [3.8, 4) is 0 Å². The van der Waals surface area contributed by atoms with Crippen LogP contribution in [-0.2, 0) is 16.6 Å². The predicted octanol–water partition coefficient (Wildman–Crippen LogP) is 2.13. The largest absolute Gasteiger partial charge is 0.465 e. The monoisotopic (exact) mass is 298 g/mol. The number of furan rings is 1. The summed E-state index contributed by atoms with van der Waals surface area (Å²) in [5.74, 6) is 0.334. The van der Waals surface area contributed by atoms with E-state index in [2.05, 4.69) is 0 Å². The Balaban J connectivity index is 2.32. The maximum Gasteiger partial charge on any atom is 0.246 e. The van der Waals surface area contributed by atoms with Gasteiger partial charge in [-0.1, -0.05) is 0 Å². The second-order valence-electron chi connectivity index (χ2n) is 4.46. The zero-order valence-corrected chi connectivity index (χ0v) is 11.9. The number of sulfonamides is 1. The van der Waals surface area contributed by atoms with Gasteiger partial charge in [0.15, 0.2) is 0 Å². The second-order valence-corrected chi connectivity index (χ2v) is 6.48. The molecule has 0 aliphatic rings. The molecular formula is C13H15FN2O3S. The summed E-state index contributed by atoms with van der Waals surface area (Å²) in [5.41, 5.74) is 5.70. The van der Waals surface area contributed by atoms with E-state index in [-0.39, 0.29) is 12.2 Å². The maximum absolute atomic E-state index is 13.7. The molecule has 0 saturated heterocycles. The number of hydrogen-bond donors (Lipinski definition) is 1. The molecule has 1 aromatic carbocycles. The van der Waals surface area contributed by atoms with Crippen LogP contribution in [0.15, 0.2) is 39.6 Å². The average Bonchev–Trinajstić information content (AvgIpc) is 2.77. The molecular weight excluding hydrogens is 283 g/mol. The van der Waals surface area contributed by atoms with Crippen LogP contribution in [0.4, 0.5) is 10.1 Å². The van der Waals surface area contributed by atoms with Gasteiger partial charge < -0.3 is 10.2 Å². The molecule has 0 fully saturated rings. The lowest BCUT2D eigenvalue weighted by Gasteiger charge is -2.16. The predicted molar refractivity (Wildman–Crippen MR) is 72.9 cm³/mol. The molecule has 108 valence electrons. The summed E-state index contributed by atoms with van der Waals surface area (Å²) in [4.78, 5) is -0.441. The normalized spacial score (nSPS) is 12.0. The fraction of sp³-hybridized carbons (Fsp3) is 0.231. The Bertz CT molecular complexity index is 725. The fourth-order valence-corrected chi connectivity index (χ4v) is 2.99. The Labute approximate surface area is 116 Å². The number of benzene rings is 1. The van der Waals surface area contributed by atoms with Crippen molar-refractivity contribution in [3.63, 3.8) is 0 Å². The first-order valence-electron chi connectivity index (χ1n) is 5.87. The lowest BCUT2D eigenvalue weighted by atomic mass is 10.3. The highest BCUT2D eigenvalue weighted by atomic mass is 32.2. The van der Waals surface area contributed by atoms with E-state index in [1.807, 2.05) is 0 Å². The van der Waals surface area contributed by atoms with Crippen LogP contribution in [0.3, 0.4) is 0 Å². The highest BCUT2D eigenvalue weighted by Gasteiger charge is 2.25. The summed E-state index contributed by atoms with van der Waals surface area (Å²) in [7, 11) is -2.61. The summed E-state index contributed by atoms with van der Waals surface area (Å²) < 4.78 is 44.6. The SMILES string of the molecule is Cc1ccc(CN(C)S(=O)(=O)c2cc(N)ccc2F)o1. The fourth-order valence-electron chi connectivity index (χ4n) is 1.76. The maximum atomic E-state index is 13.7. The van der Waals surface area contributed by atoms with Gasteiger partial charge in [-0.25, -0.2) is 12.8 Å². The Morgan fingerprint density at radius 2 is 2.00 bits per heavy atom. The molecule has 0 saturated carbocycles. The standard InChI is InChI=1S/C13H15FN2O3S/c1-9-3-5-11(19-9)8-16(2)20(17,18)13-7-10(15)4-6-12(13)14/h3-7H,8,15H2,1-2H3. The van der Waals surface area contributed by atoms with Crippen molar-refractivity contribution in [1.82, 2.24) is 4.31 Å². The molecule has 0 spiro atoms. The molecule has 0 aliphatic heterocycles. The number of rotatable bonds is 4. The van der Waals surface area contributed by atoms with Gasteiger partial charge in [-0.2, -0.15) is 4.31 Å². The Kier molecular flexibility index (Phi) is 3.82. The minimum atomic E-state index is -3.96. The number of hydrogen-bond acceptors (Lipinski definition) is 4. The molecule has 2 N–H and O–H groups in total. The number of anilines is 1. The third-order valence-electron chi connectivity index (χ3n) is 2.82. The van der Waals surface area contributed by atoms with Crippen molar-refractivity contribution in [2.24, 2.45) is 0 Å². The number of nitrogen functional groups attached to an aromatic ring is 1. The molecule has 0 amide bonds. The van der Waals surface area contributed by atoms with E-state index in [9.17, 15) is 12.8 Å². The third kappa shape index (κ3) is 2.83. The van der Waals surface area contributed by atoms with Gasteiger partial charge in [0.05, 0.1) is 6.54 Å². The minimum Gasteiger partial charge on any atom is -0.465 e. The van der Waals surface area contributed by atoms with E-state index in [4.69, 9.17) is 10.2 Å². The molecule has 0 aliphatic carbocycles. The lowest BCUT2D eigenvalue weighted by molar-refractivity contribution is 0.395. The molecule has 1 aromatic heterocycles. The lowest BCUT2D eigenvalue weighted by Crippen LogP contribution is -2.27. The van der Waals surface area contributed by atoms with Gasteiger partial charge in [-0.05, 0) is 37.3 Å². The van der Waals surface area contributed by atoms with Crippen LogP contribution < -0.4 is 5.73 Å². The van der Waals surface area contributed by atoms with E-state index >= 15 is 0 Å². The smallest absolute Gasteiger partial charge is 0.246 e. The topological polar surface area (TPSA) is 76.5 Å². The number of nitrogens with zero attached hydrogens (tertiary/aromatic N) is 1. The van der Waals surface area contributed by atoms with Crippen LogP contribution in [0.2, 0.25) is 0 Å². The summed E-state index contributed by atoms with van der Waals surface area (Å²) in [6.07, 6.45) is 0. The van der Waals surface area contributed by atoms with Crippen molar-refractivity contribution >= 4 is 15.7 Å². The van der Waals surface area contributed by atoms with Crippen LogP contribution in [0.1, 0.15) is 11.5 Å². The summed E-state index contributed by atoms with van der Waals surface area (Å²) in [6, 6.07) is 6.86. The van der Waals surface area contributed by atoms with Crippen molar-refractivity contribution < 1.29 is 17.2 Å². The first-order valence-corrected chi connectivity index (χ1v) is 7.31. The second kappa shape index (κ2) is 5.26. The molecule has 0 radical (unpaired) electrons. The zero-order valence-electron chi connectivity index (χ0n) is 11.1. The van der Waals surface area contributed by atoms with Crippen molar-refractivity contribution in [1.29, 1.82) is 0 Å². The van der Waals surface area contributed by atoms with E-state index in [1.54, 1.807) is 19.1 Å². The van der Waals surface area contributed by atoms with Gasteiger partial charge in [0.1, 0.15) is 22.2 Å². The van der Waals surface area contributed by atoms with Crippen molar-refractivity contribution in [3.05, 3.63) is 47.7 Å². The molecule has 0 atom stereocenters. The quantitative estimate of drug-likeness (QED) is 0.877. The average molecular weight is 298 g/mol. The zero-order chi connectivity index (χ0) is 14.9. The minimum absolute atomic E-state index is 0.0183. The molecule has 0 unspecified atom stereocenters. The first kappa shape index (κ1) is 14.5. The van der Waals surface area contributed by atoms with Gasteiger partial charge in [0.2, 0.25) is 10.0 Å². The highest BCUT2D eigenvalue weighted by Crippen LogP contribution is 2.22. The Hall–Kier alpha value is -1.86. The number of aryl methyl sites for hydroxylation is 1. The molecule has 0 bridgehead atoms. The van der Waals surface area contributed by atoms with Crippen LogP contribution in [0.5, 0.6) is 0 Å². The van der Waals surface area contributed by atoms with Crippen LogP contribution in [-0.4, -0.2) is 19.8 Å². The van der Waals surface area contributed by atoms with Crippen LogP contribution in [0.25, 0.3) is 0 Å². The number of nitrogens with two attached hydrogens (primary N) is 1. The third-order valence-corrected chi connectivity index (χ3v) is 4.64. The Morgan fingerprint density at radius 1 is 1.30 bits per heavy atom. The molecule has 2 aromatic rings. The van der Waals surface area contributed by atoms with Crippen molar-refractivity contribution in [2.75, 3.05) is 12.8 Å². The van der Waals surface area contributed by atoms with E-state index in [0.29, 0.717) is 11.5 Å². The van der Waals surface area contributed by atoms with Crippen LogP contribution in [0, 0.1) is 12.7 Å². The van der Waals surface area contributed by atoms with Gasteiger partial charge in [-0.15, -0.1) is 0 Å². The summed E-state index contributed by atoms with van der Waals surface area (Å²) >= 11 is 0.